The van der Waals surface area contributed by atoms with E-state index in [0.717, 1.165) is 13.8 Å². The SMILES string of the molecule is CC1(C)[C@H](C(=O)O)N(N=O)[C@@H](C(Br)(Br)C(=O)O)S1(=O)=O. The lowest BCUT2D eigenvalue weighted by Gasteiger charge is -2.27. The Balaban J connectivity index is 3.64. The van der Waals surface area contributed by atoms with Gasteiger partial charge in [-0.1, -0.05) is 31.9 Å². The zero-order valence-electron chi connectivity index (χ0n) is 10.1. The van der Waals surface area contributed by atoms with Crippen LogP contribution in [0, 0.1) is 4.91 Å². The molecule has 0 spiro atoms. The maximum absolute atomic E-state index is 12.4. The van der Waals surface area contributed by atoms with Crippen molar-refractivity contribution in [1.29, 1.82) is 0 Å². The van der Waals surface area contributed by atoms with E-state index in [9.17, 15) is 22.9 Å². The van der Waals surface area contributed by atoms with Crippen LogP contribution in [0.15, 0.2) is 5.29 Å². The number of alkyl halides is 2. The largest absolute Gasteiger partial charge is 0.480 e. The van der Waals surface area contributed by atoms with E-state index in [-0.39, 0.29) is 5.01 Å². The van der Waals surface area contributed by atoms with Gasteiger partial charge in [0.25, 0.3) is 0 Å². The van der Waals surface area contributed by atoms with E-state index < -0.39 is 41.2 Å². The summed E-state index contributed by atoms with van der Waals surface area (Å²) in [6.07, 6.45) is 0. The highest BCUT2D eigenvalue weighted by Gasteiger charge is 2.69. The van der Waals surface area contributed by atoms with Crippen LogP contribution in [-0.2, 0) is 19.4 Å². The molecule has 0 aromatic heterocycles. The first-order valence-electron chi connectivity index (χ1n) is 5.02. The van der Waals surface area contributed by atoms with Gasteiger partial charge in [-0.05, 0) is 13.8 Å². The van der Waals surface area contributed by atoms with Crippen molar-refractivity contribution in [3.05, 3.63) is 4.91 Å². The summed E-state index contributed by atoms with van der Waals surface area (Å²) in [4.78, 5) is 33.3. The van der Waals surface area contributed by atoms with Gasteiger partial charge in [-0.25, -0.2) is 23.0 Å². The second kappa shape index (κ2) is 4.91. The highest BCUT2D eigenvalue weighted by atomic mass is 79.9. The Labute approximate surface area is 130 Å². The van der Waals surface area contributed by atoms with Gasteiger partial charge in [-0.15, -0.1) is 4.91 Å². The number of aliphatic carboxylic acids is 2. The third-order valence-corrected chi connectivity index (χ3v) is 8.11. The fraction of sp³-hybridized carbons (Fsp3) is 0.750. The number of nitrogens with zero attached hydrogens (tertiary/aromatic N) is 2. The maximum atomic E-state index is 12.4. The summed E-state index contributed by atoms with van der Waals surface area (Å²) in [7, 11) is -4.35. The minimum absolute atomic E-state index is 0.231. The van der Waals surface area contributed by atoms with Crippen molar-refractivity contribution in [2.24, 2.45) is 5.29 Å². The summed E-state index contributed by atoms with van der Waals surface area (Å²) in [5, 5.41) is 18.8. The molecule has 0 amide bonds. The molecule has 0 unspecified atom stereocenters. The second-order valence-corrected chi connectivity index (χ2v) is 10.8. The van der Waals surface area contributed by atoms with Gasteiger partial charge < -0.3 is 10.2 Å². The fourth-order valence-electron chi connectivity index (χ4n) is 2.01. The number of sulfone groups is 1. The number of hydrogen-bond donors (Lipinski definition) is 2. The second-order valence-electron chi connectivity index (χ2n) is 4.63. The van der Waals surface area contributed by atoms with Crippen LogP contribution >= 0.6 is 31.9 Å². The average molecular weight is 438 g/mol. The van der Waals surface area contributed by atoms with Gasteiger partial charge in [-0.3, -0.25) is 0 Å². The van der Waals surface area contributed by atoms with Gasteiger partial charge in [0.1, 0.15) is 4.75 Å². The van der Waals surface area contributed by atoms with Gasteiger partial charge in [0.15, 0.2) is 21.3 Å². The minimum Gasteiger partial charge on any atom is -0.480 e. The Morgan fingerprint density at radius 3 is 2.05 bits per heavy atom. The summed E-state index contributed by atoms with van der Waals surface area (Å²) in [5.74, 6) is -3.23. The lowest BCUT2D eigenvalue weighted by Crippen LogP contribution is -2.50. The standard InChI is InChI=1S/C8H10Br2N2O7S/c1-7(2)3(4(13)14)12(11-17)5(20(7,18)19)8(9,10)6(15)16/h3,5H,1-2H3,(H,13,14)(H,15,16)/t3-,5+/m0/s1. The number of carbonyl (C=O) groups is 2. The number of halogens is 2. The lowest BCUT2D eigenvalue weighted by molar-refractivity contribution is -0.145. The van der Waals surface area contributed by atoms with E-state index in [1.165, 1.54) is 0 Å². The van der Waals surface area contributed by atoms with Gasteiger partial charge in [-0.2, -0.15) is 0 Å². The molecule has 2 N–H and O–H groups in total. The quantitative estimate of drug-likeness (QED) is 0.479. The Kier molecular flexibility index (Phi) is 4.25. The first-order valence-corrected chi connectivity index (χ1v) is 8.15. The molecule has 0 aromatic carbocycles. The predicted molar refractivity (Wildman–Crippen MR) is 74.1 cm³/mol. The third kappa shape index (κ3) is 2.13. The smallest absolute Gasteiger partial charge is 0.334 e. The van der Waals surface area contributed by atoms with Crippen LogP contribution in [0.2, 0.25) is 0 Å². The minimum atomic E-state index is -4.35. The molecule has 1 heterocycles. The van der Waals surface area contributed by atoms with E-state index in [4.69, 9.17) is 10.2 Å². The molecule has 1 fully saturated rings. The summed E-state index contributed by atoms with van der Waals surface area (Å²) in [5.41, 5.74) is 0. The van der Waals surface area contributed by atoms with Crippen LogP contribution in [0.5, 0.6) is 0 Å². The topological polar surface area (TPSA) is 141 Å². The molecule has 2 atom stereocenters. The predicted octanol–water partition coefficient (Wildman–Crippen LogP) is 0.527. The van der Waals surface area contributed by atoms with E-state index in [1.807, 2.05) is 0 Å². The fourth-order valence-corrected chi connectivity index (χ4v) is 5.93. The van der Waals surface area contributed by atoms with E-state index in [1.54, 1.807) is 0 Å². The van der Waals surface area contributed by atoms with Crippen molar-refractivity contribution in [3.63, 3.8) is 0 Å². The lowest BCUT2D eigenvalue weighted by atomic mass is 10.0. The van der Waals surface area contributed by atoms with E-state index in [2.05, 4.69) is 37.1 Å². The first kappa shape index (κ1) is 17.3. The molecule has 0 aliphatic carbocycles. The zero-order valence-corrected chi connectivity index (χ0v) is 14.1. The van der Waals surface area contributed by atoms with Crippen LogP contribution < -0.4 is 0 Å². The Hall–Kier alpha value is -0.750. The van der Waals surface area contributed by atoms with Crippen molar-refractivity contribution in [2.45, 2.75) is 33.2 Å². The van der Waals surface area contributed by atoms with Crippen molar-refractivity contribution in [3.8, 4) is 0 Å². The van der Waals surface area contributed by atoms with Gasteiger partial charge >= 0.3 is 11.9 Å². The molecule has 12 heteroatoms. The maximum Gasteiger partial charge on any atom is 0.334 e. The molecule has 114 valence electrons. The molecule has 1 rings (SSSR count). The molecule has 20 heavy (non-hydrogen) atoms. The Morgan fingerprint density at radius 2 is 1.75 bits per heavy atom. The Bertz CT molecular complexity index is 573. The zero-order chi connectivity index (χ0) is 16.1. The Morgan fingerprint density at radius 1 is 1.30 bits per heavy atom. The first-order chi connectivity index (χ1) is 8.83. The molecular formula is C8H10Br2N2O7S. The molecule has 9 nitrogen and oxygen atoms in total. The summed E-state index contributed by atoms with van der Waals surface area (Å²) < 4.78 is 20.7. The number of nitroso groups, excluding NO2 is 1. The molecule has 1 aliphatic rings. The van der Waals surface area contributed by atoms with E-state index in [0.29, 0.717) is 0 Å². The van der Waals surface area contributed by atoms with Gasteiger partial charge in [0.05, 0.1) is 5.29 Å². The van der Waals surface area contributed by atoms with Crippen molar-refractivity contribution in [2.75, 3.05) is 0 Å². The van der Waals surface area contributed by atoms with Gasteiger partial charge in [0.2, 0.25) is 3.23 Å². The summed E-state index contributed by atoms with van der Waals surface area (Å²) in [6, 6.07) is -1.80. The highest BCUT2D eigenvalue weighted by molar-refractivity contribution is 9.26. The molecule has 1 aliphatic heterocycles. The molecular weight excluding hydrogens is 428 g/mol. The van der Waals surface area contributed by atoms with Crippen molar-refractivity contribution in [1.82, 2.24) is 5.01 Å². The summed E-state index contributed by atoms with van der Waals surface area (Å²) >= 11 is 5.33. The van der Waals surface area contributed by atoms with Crippen LogP contribution in [0.3, 0.4) is 0 Å². The third-order valence-electron chi connectivity index (χ3n) is 3.11. The molecule has 0 saturated carbocycles. The molecule has 0 aromatic rings. The number of carboxylic acids is 2. The molecule has 0 radical (unpaired) electrons. The van der Waals surface area contributed by atoms with Crippen molar-refractivity contribution < 1.29 is 28.2 Å². The monoisotopic (exact) mass is 436 g/mol. The van der Waals surface area contributed by atoms with Crippen LogP contribution in [0.25, 0.3) is 0 Å². The van der Waals surface area contributed by atoms with Gasteiger partial charge in [0, 0.05) is 0 Å². The number of carboxylic acid groups (broad SMARTS) is 2. The average Bonchev–Trinajstić information content (AvgIpc) is 2.41. The van der Waals surface area contributed by atoms with E-state index >= 15 is 0 Å². The van der Waals surface area contributed by atoms with Crippen LogP contribution in [0.1, 0.15) is 13.8 Å². The molecule has 0 bridgehead atoms. The van der Waals surface area contributed by atoms with Crippen LogP contribution in [0.4, 0.5) is 0 Å². The highest BCUT2D eigenvalue weighted by Crippen LogP contribution is 2.48. The number of rotatable bonds is 4. The molecule has 1 saturated heterocycles. The number of hydrogen-bond acceptors (Lipinski definition) is 6. The van der Waals surface area contributed by atoms with Crippen molar-refractivity contribution >= 4 is 53.6 Å². The van der Waals surface area contributed by atoms with Crippen LogP contribution in [-0.4, -0.2) is 55.0 Å². The summed E-state index contributed by atoms with van der Waals surface area (Å²) in [6.45, 7) is 2.19. The normalized spacial score (nSPS) is 28.1.